The Hall–Kier alpha value is -4.28. The summed E-state index contributed by atoms with van der Waals surface area (Å²) in [7, 11) is 0. The molecule has 4 amide bonds. The molecule has 5 N–H and O–H groups in total. The molecule has 0 saturated carbocycles. The topological polar surface area (TPSA) is 155 Å². The normalized spacial score (nSPS) is 11.5. The Bertz CT molecular complexity index is 1040. The molecule has 11 heteroatoms. The Balaban J connectivity index is 1.67. The summed E-state index contributed by atoms with van der Waals surface area (Å²) >= 11 is 0. The number of benzene rings is 2. The summed E-state index contributed by atoms with van der Waals surface area (Å²) in [6, 6.07) is 14.2. The van der Waals surface area contributed by atoms with Crippen molar-refractivity contribution >= 4 is 29.9 Å². The number of ether oxygens (including phenoxy) is 2. The summed E-state index contributed by atoms with van der Waals surface area (Å²) < 4.78 is 10.3. The van der Waals surface area contributed by atoms with Gasteiger partial charge in [0.2, 0.25) is 0 Å². The van der Waals surface area contributed by atoms with E-state index in [-0.39, 0.29) is 26.1 Å². The van der Waals surface area contributed by atoms with Gasteiger partial charge in [0.1, 0.15) is 18.2 Å². The highest BCUT2D eigenvalue weighted by molar-refractivity contribution is 5.85. The van der Waals surface area contributed by atoms with Gasteiger partial charge < -0.3 is 30.5 Å². The molecule has 0 fully saturated rings. The monoisotopic (exact) mass is 514 g/mol. The molecule has 0 bridgehead atoms. The van der Waals surface area contributed by atoms with Gasteiger partial charge in [-0.25, -0.2) is 19.2 Å². The highest BCUT2D eigenvalue weighted by Gasteiger charge is 2.20. The first-order chi connectivity index (χ1) is 17.5. The number of amides is 4. The predicted octanol–water partition coefficient (Wildman–Crippen LogP) is 3.99. The SMILES string of the molecule is CC(C)(C)OC(=O)Nc1ccc(CNC(=O)N[C@H](CCCNC(=O)OCc2ccccc2)C(=O)O)cc1. The molecule has 0 aromatic heterocycles. The van der Waals surface area contributed by atoms with Crippen LogP contribution in [0.5, 0.6) is 0 Å². The average Bonchev–Trinajstić information content (AvgIpc) is 2.83. The molecule has 37 heavy (non-hydrogen) atoms. The molecule has 0 aliphatic rings. The van der Waals surface area contributed by atoms with Crippen molar-refractivity contribution in [1.29, 1.82) is 0 Å². The van der Waals surface area contributed by atoms with Crippen molar-refractivity contribution in [2.24, 2.45) is 0 Å². The minimum atomic E-state index is -1.18. The van der Waals surface area contributed by atoms with Gasteiger partial charge in [-0.05, 0) is 56.9 Å². The zero-order valence-corrected chi connectivity index (χ0v) is 21.2. The van der Waals surface area contributed by atoms with Crippen molar-refractivity contribution < 1.29 is 33.8 Å². The standard InChI is InChI=1S/C26H34N4O7/c1-26(2,3)37-25(35)29-20-13-11-18(12-14-20)16-28-23(33)30-21(22(31)32)10-7-15-27-24(34)36-17-19-8-5-4-6-9-19/h4-6,8-9,11-14,21H,7,10,15-17H2,1-3H3,(H,27,34)(H,29,35)(H,31,32)(H2,28,30,33)/t21-/m1/s1. The fraction of sp³-hybridized carbons (Fsp3) is 0.385. The zero-order chi connectivity index (χ0) is 27.3. The number of nitrogens with one attached hydrogen (secondary N) is 4. The summed E-state index contributed by atoms with van der Waals surface area (Å²) in [6.45, 7) is 5.78. The Morgan fingerprint density at radius 2 is 1.57 bits per heavy atom. The van der Waals surface area contributed by atoms with Crippen LogP contribution in [0.2, 0.25) is 0 Å². The van der Waals surface area contributed by atoms with Gasteiger partial charge in [0.05, 0.1) is 0 Å². The Morgan fingerprint density at radius 3 is 2.19 bits per heavy atom. The number of hydrogen-bond donors (Lipinski definition) is 5. The molecule has 0 spiro atoms. The van der Waals surface area contributed by atoms with E-state index in [1.807, 2.05) is 30.3 Å². The van der Waals surface area contributed by atoms with E-state index in [1.54, 1.807) is 45.0 Å². The summed E-state index contributed by atoms with van der Waals surface area (Å²) in [5.74, 6) is -1.18. The highest BCUT2D eigenvalue weighted by Crippen LogP contribution is 2.13. The molecule has 2 aromatic carbocycles. The third kappa shape index (κ3) is 12.3. The second-order valence-corrected chi connectivity index (χ2v) is 9.17. The van der Waals surface area contributed by atoms with Crippen LogP contribution >= 0.6 is 0 Å². The lowest BCUT2D eigenvalue weighted by atomic mass is 10.1. The number of carboxylic acids is 1. The third-order valence-corrected chi connectivity index (χ3v) is 4.81. The molecular weight excluding hydrogens is 480 g/mol. The number of aliphatic carboxylic acids is 1. The third-order valence-electron chi connectivity index (χ3n) is 4.81. The minimum Gasteiger partial charge on any atom is -0.480 e. The lowest BCUT2D eigenvalue weighted by Crippen LogP contribution is -2.46. The van der Waals surface area contributed by atoms with E-state index < -0.39 is 35.8 Å². The van der Waals surface area contributed by atoms with Crippen LogP contribution in [0.4, 0.5) is 20.1 Å². The number of anilines is 1. The molecule has 200 valence electrons. The van der Waals surface area contributed by atoms with E-state index >= 15 is 0 Å². The van der Waals surface area contributed by atoms with Crippen molar-refractivity contribution in [3.63, 3.8) is 0 Å². The van der Waals surface area contributed by atoms with E-state index in [0.717, 1.165) is 11.1 Å². The van der Waals surface area contributed by atoms with Gasteiger partial charge in [0.15, 0.2) is 0 Å². The average molecular weight is 515 g/mol. The van der Waals surface area contributed by atoms with Crippen LogP contribution in [-0.4, -0.2) is 47.5 Å². The largest absolute Gasteiger partial charge is 0.480 e. The Labute approximate surface area is 215 Å². The van der Waals surface area contributed by atoms with Gasteiger partial charge in [-0.15, -0.1) is 0 Å². The number of carbonyl (C=O) groups excluding carboxylic acids is 3. The quantitative estimate of drug-likeness (QED) is 0.284. The van der Waals surface area contributed by atoms with Gasteiger partial charge in [0.25, 0.3) is 0 Å². The van der Waals surface area contributed by atoms with Gasteiger partial charge >= 0.3 is 24.2 Å². The maximum atomic E-state index is 12.2. The molecule has 0 aliphatic carbocycles. The molecular formula is C26H34N4O7. The van der Waals surface area contributed by atoms with Gasteiger partial charge in [0, 0.05) is 18.8 Å². The van der Waals surface area contributed by atoms with Gasteiger partial charge in [-0.2, -0.15) is 0 Å². The summed E-state index contributed by atoms with van der Waals surface area (Å²) in [5.41, 5.74) is 1.52. The number of carbonyl (C=O) groups is 4. The van der Waals surface area contributed by atoms with E-state index in [1.165, 1.54) is 0 Å². The van der Waals surface area contributed by atoms with Crippen LogP contribution in [0.3, 0.4) is 0 Å². The first kappa shape index (κ1) is 29.0. The highest BCUT2D eigenvalue weighted by atomic mass is 16.6. The van der Waals surface area contributed by atoms with Gasteiger partial charge in [-0.1, -0.05) is 42.5 Å². The number of alkyl carbamates (subject to hydrolysis) is 1. The zero-order valence-electron chi connectivity index (χ0n) is 21.2. The fourth-order valence-corrected chi connectivity index (χ4v) is 3.05. The molecule has 2 rings (SSSR count). The second kappa shape index (κ2) is 14.3. The first-order valence-electron chi connectivity index (χ1n) is 11.8. The molecule has 0 heterocycles. The van der Waals surface area contributed by atoms with Crippen molar-refractivity contribution in [3.8, 4) is 0 Å². The molecule has 11 nitrogen and oxygen atoms in total. The van der Waals surface area contributed by atoms with Crippen LogP contribution in [-0.2, 0) is 27.4 Å². The summed E-state index contributed by atoms with van der Waals surface area (Å²) in [4.78, 5) is 47.3. The number of carboxylic acid groups (broad SMARTS) is 1. The molecule has 0 radical (unpaired) electrons. The van der Waals surface area contributed by atoms with Crippen molar-refractivity contribution in [2.75, 3.05) is 11.9 Å². The molecule has 1 atom stereocenters. The lowest BCUT2D eigenvalue weighted by Gasteiger charge is -2.19. The van der Waals surface area contributed by atoms with Crippen molar-refractivity contribution in [3.05, 3.63) is 65.7 Å². The van der Waals surface area contributed by atoms with Crippen LogP contribution in [0.15, 0.2) is 54.6 Å². The number of hydrogen-bond acceptors (Lipinski definition) is 6. The van der Waals surface area contributed by atoms with Crippen LogP contribution < -0.4 is 21.3 Å². The molecule has 2 aromatic rings. The maximum absolute atomic E-state index is 12.2. The minimum absolute atomic E-state index is 0.118. The van der Waals surface area contributed by atoms with E-state index in [0.29, 0.717) is 12.1 Å². The number of rotatable bonds is 11. The number of urea groups is 1. The molecule has 0 saturated heterocycles. The summed E-state index contributed by atoms with van der Waals surface area (Å²) in [5, 5.41) is 19.6. The van der Waals surface area contributed by atoms with Gasteiger partial charge in [-0.3, -0.25) is 5.32 Å². The summed E-state index contributed by atoms with van der Waals surface area (Å²) in [6.07, 6.45) is -0.734. The Kier molecular flexibility index (Phi) is 11.2. The van der Waals surface area contributed by atoms with Crippen molar-refractivity contribution in [1.82, 2.24) is 16.0 Å². The molecule has 0 unspecified atom stereocenters. The fourth-order valence-electron chi connectivity index (χ4n) is 3.05. The molecule has 0 aliphatic heterocycles. The smallest absolute Gasteiger partial charge is 0.412 e. The van der Waals surface area contributed by atoms with E-state index in [4.69, 9.17) is 9.47 Å². The Morgan fingerprint density at radius 1 is 0.892 bits per heavy atom. The lowest BCUT2D eigenvalue weighted by molar-refractivity contribution is -0.139. The van der Waals surface area contributed by atoms with Crippen LogP contribution in [0, 0.1) is 0 Å². The maximum Gasteiger partial charge on any atom is 0.412 e. The second-order valence-electron chi connectivity index (χ2n) is 9.17. The van der Waals surface area contributed by atoms with E-state index in [9.17, 15) is 24.3 Å². The van der Waals surface area contributed by atoms with Crippen molar-refractivity contribution in [2.45, 2.75) is 58.4 Å². The van der Waals surface area contributed by atoms with Crippen LogP contribution in [0.25, 0.3) is 0 Å². The predicted molar refractivity (Wildman–Crippen MR) is 137 cm³/mol. The van der Waals surface area contributed by atoms with Crippen LogP contribution in [0.1, 0.15) is 44.7 Å². The first-order valence-corrected chi connectivity index (χ1v) is 11.8. The van der Waals surface area contributed by atoms with E-state index in [2.05, 4.69) is 21.3 Å².